The minimum Gasteiger partial charge on any atom is -0.455 e. The fraction of sp³-hybridized carbons (Fsp3) is 0.0820. The molecular weight excluding hydrogens is 823 g/mol. The van der Waals surface area contributed by atoms with Gasteiger partial charge in [-0.3, -0.25) is 4.99 Å². The Balaban J connectivity index is 1.14. The summed E-state index contributed by atoms with van der Waals surface area (Å²) in [6.07, 6.45) is 0.788. The Kier molecular flexibility index (Phi) is 9.69. The molecule has 0 aliphatic heterocycles. The van der Waals surface area contributed by atoms with Crippen LogP contribution in [0.2, 0.25) is 0 Å². The number of aliphatic imine (C=N–C) groups is 2. The summed E-state index contributed by atoms with van der Waals surface area (Å²) in [5.74, 6) is 0.629. The average molecular weight is 868 g/mol. The maximum Gasteiger partial charge on any atom is 0.159 e. The second-order valence-electron chi connectivity index (χ2n) is 17.3. The Labute approximate surface area is 388 Å². The number of benzene rings is 10. The molecule has 4 nitrogen and oxygen atoms in total. The summed E-state index contributed by atoms with van der Waals surface area (Å²) in [4.78, 5) is 12.2. The Hall–Kier alpha value is -7.73. The van der Waals surface area contributed by atoms with Crippen molar-refractivity contribution in [2.75, 3.05) is 0 Å². The summed E-state index contributed by atoms with van der Waals surface area (Å²) in [5.41, 5.74) is 12.2. The van der Waals surface area contributed by atoms with Gasteiger partial charge in [0.05, 0.1) is 28.3 Å². The molecule has 0 saturated carbocycles. The van der Waals surface area contributed by atoms with E-state index in [0.717, 1.165) is 94.3 Å². The molecule has 0 amide bonds. The van der Waals surface area contributed by atoms with Gasteiger partial charge in [0.2, 0.25) is 0 Å². The normalized spacial score (nSPS) is 13.0. The van der Waals surface area contributed by atoms with E-state index in [1.807, 2.05) is 12.1 Å². The maximum absolute atomic E-state index is 6.70. The van der Waals surface area contributed by atoms with E-state index in [0.29, 0.717) is 5.84 Å². The van der Waals surface area contributed by atoms with Gasteiger partial charge < -0.3 is 8.98 Å². The SMILES string of the molecule is CCC(N=C(N=C(C)c1cc(-c2ccc3ccccc3c2S)c(C)c(-n2c3ccccc3c3cc4ccccc4cc32)c1)c1cccc2c1oc1ccccc12)c1cccc2ccccc12. The standard InChI is InChI=1S/C61H45N3OS/c1-4-54(46-26-15-21-39-17-7-9-22-44(39)46)63-61(51-28-16-27-49-48-25-12-14-30-58(48)65-59(49)51)62-38(3)43-34-52(50-32-31-40-18-8-10-23-45(40)60(50)66)37(2)56(36-43)64-55-29-13-11-24-47(55)53-33-41-19-5-6-20-42(41)35-57(53)64/h5-36,54,66H,4H2,1-3H3. The van der Waals surface area contributed by atoms with Crippen molar-refractivity contribution in [3.05, 3.63) is 216 Å². The van der Waals surface area contributed by atoms with Crippen LogP contribution in [0.15, 0.2) is 213 Å². The number of furan rings is 1. The highest BCUT2D eigenvalue weighted by Gasteiger charge is 2.22. The smallest absolute Gasteiger partial charge is 0.159 e. The average Bonchev–Trinajstić information content (AvgIpc) is 3.90. The van der Waals surface area contributed by atoms with Crippen molar-refractivity contribution in [1.82, 2.24) is 4.57 Å². The van der Waals surface area contributed by atoms with Crippen LogP contribution in [-0.2, 0) is 0 Å². The number of nitrogens with zero attached hydrogens (tertiary/aromatic N) is 3. The maximum atomic E-state index is 6.70. The van der Waals surface area contributed by atoms with Crippen LogP contribution in [0.5, 0.6) is 0 Å². The first-order chi connectivity index (χ1) is 32.4. The molecule has 0 aliphatic carbocycles. The lowest BCUT2D eigenvalue weighted by Gasteiger charge is -2.20. The van der Waals surface area contributed by atoms with Crippen molar-refractivity contribution < 1.29 is 4.42 Å². The molecule has 0 aliphatic rings. The third-order valence-electron chi connectivity index (χ3n) is 13.5. The predicted molar refractivity (Wildman–Crippen MR) is 283 cm³/mol. The summed E-state index contributed by atoms with van der Waals surface area (Å²) >= 11 is 5.28. The largest absolute Gasteiger partial charge is 0.455 e. The van der Waals surface area contributed by atoms with Crippen LogP contribution in [0.1, 0.15) is 48.6 Å². The van der Waals surface area contributed by atoms with Crippen molar-refractivity contribution >= 4 is 100 Å². The molecule has 0 bridgehead atoms. The summed E-state index contributed by atoms with van der Waals surface area (Å²) < 4.78 is 9.15. The van der Waals surface area contributed by atoms with Gasteiger partial charge in [-0.05, 0) is 123 Å². The van der Waals surface area contributed by atoms with Gasteiger partial charge in [-0.1, -0.05) is 159 Å². The number of aromatic nitrogens is 1. The molecule has 2 heterocycles. The number of hydrogen-bond acceptors (Lipinski definition) is 3. The highest BCUT2D eigenvalue weighted by atomic mass is 32.1. The van der Waals surface area contributed by atoms with E-state index in [-0.39, 0.29) is 6.04 Å². The molecule has 0 spiro atoms. The monoisotopic (exact) mass is 867 g/mol. The lowest BCUT2D eigenvalue weighted by molar-refractivity contribution is 0.667. The highest BCUT2D eigenvalue weighted by molar-refractivity contribution is 7.80. The molecule has 0 N–H and O–H groups in total. The van der Waals surface area contributed by atoms with Crippen molar-refractivity contribution in [1.29, 1.82) is 0 Å². The zero-order valence-electron chi connectivity index (χ0n) is 37.0. The van der Waals surface area contributed by atoms with Crippen molar-refractivity contribution in [2.24, 2.45) is 9.98 Å². The van der Waals surface area contributed by atoms with Gasteiger partial charge in [0.15, 0.2) is 5.84 Å². The van der Waals surface area contributed by atoms with Crippen LogP contribution in [0.4, 0.5) is 0 Å². The fourth-order valence-corrected chi connectivity index (χ4v) is 10.6. The number of hydrogen-bond donors (Lipinski definition) is 1. The van der Waals surface area contributed by atoms with Crippen LogP contribution in [-0.4, -0.2) is 16.1 Å². The molecule has 2 aromatic heterocycles. The molecule has 316 valence electrons. The van der Waals surface area contributed by atoms with Crippen molar-refractivity contribution in [2.45, 2.75) is 38.1 Å². The lowest BCUT2D eigenvalue weighted by atomic mass is 9.93. The van der Waals surface area contributed by atoms with E-state index in [1.165, 1.54) is 37.9 Å². The molecule has 0 saturated heterocycles. The third kappa shape index (κ3) is 6.53. The second kappa shape index (κ2) is 16.1. The van der Waals surface area contributed by atoms with Crippen LogP contribution < -0.4 is 0 Å². The van der Waals surface area contributed by atoms with E-state index >= 15 is 0 Å². The molecule has 5 heteroatoms. The van der Waals surface area contributed by atoms with Gasteiger partial charge in [0.1, 0.15) is 11.2 Å². The molecule has 12 aromatic rings. The van der Waals surface area contributed by atoms with Gasteiger partial charge in [0.25, 0.3) is 0 Å². The summed E-state index contributed by atoms with van der Waals surface area (Å²) in [7, 11) is 0. The Morgan fingerprint density at radius 1 is 0.561 bits per heavy atom. The second-order valence-corrected chi connectivity index (χ2v) is 17.8. The van der Waals surface area contributed by atoms with E-state index < -0.39 is 0 Å². The van der Waals surface area contributed by atoms with Crippen LogP contribution in [0.25, 0.3) is 92.9 Å². The van der Waals surface area contributed by atoms with E-state index in [4.69, 9.17) is 27.0 Å². The van der Waals surface area contributed by atoms with Crippen molar-refractivity contribution in [3.8, 4) is 16.8 Å². The Morgan fingerprint density at radius 2 is 1.20 bits per heavy atom. The van der Waals surface area contributed by atoms with Crippen LogP contribution in [0, 0.1) is 6.92 Å². The first-order valence-corrected chi connectivity index (χ1v) is 23.2. The molecule has 0 radical (unpaired) electrons. The zero-order valence-corrected chi connectivity index (χ0v) is 37.9. The van der Waals surface area contributed by atoms with E-state index in [2.05, 4.69) is 207 Å². The first-order valence-electron chi connectivity index (χ1n) is 22.7. The van der Waals surface area contributed by atoms with Gasteiger partial charge >= 0.3 is 0 Å². The molecule has 66 heavy (non-hydrogen) atoms. The van der Waals surface area contributed by atoms with Gasteiger partial charge in [0, 0.05) is 32.2 Å². The number of thiol groups is 1. The van der Waals surface area contributed by atoms with Crippen molar-refractivity contribution in [3.63, 3.8) is 0 Å². The van der Waals surface area contributed by atoms with Gasteiger partial charge in [-0.25, -0.2) is 4.99 Å². The molecule has 1 atom stereocenters. The van der Waals surface area contributed by atoms with E-state index in [9.17, 15) is 0 Å². The molecule has 0 fully saturated rings. The number of para-hydroxylation sites is 3. The summed E-state index contributed by atoms with van der Waals surface area (Å²) in [6.45, 7) is 6.57. The lowest BCUT2D eigenvalue weighted by Crippen LogP contribution is -2.09. The Bertz CT molecular complexity index is 3980. The van der Waals surface area contributed by atoms with Crippen LogP contribution >= 0.6 is 12.6 Å². The third-order valence-corrected chi connectivity index (χ3v) is 14.0. The molecule has 1 unspecified atom stereocenters. The fourth-order valence-electron chi connectivity index (χ4n) is 10.2. The number of rotatable bonds is 7. The molecule has 10 aromatic carbocycles. The quantitative estimate of drug-likeness (QED) is 0.0968. The highest BCUT2D eigenvalue weighted by Crippen LogP contribution is 2.42. The number of fused-ring (bicyclic) bond motifs is 9. The molecule has 12 rings (SSSR count). The molecular formula is C61H45N3OS. The van der Waals surface area contributed by atoms with Gasteiger partial charge in [-0.2, -0.15) is 0 Å². The topological polar surface area (TPSA) is 42.8 Å². The predicted octanol–water partition coefficient (Wildman–Crippen LogP) is 16.8. The first kappa shape index (κ1) is 39.8. The minimum atomic E-state index is -0.164. The number of amidine groups is 1. The zero-order chi connectivity index (χ0) is 44.5. The summed E-state index contributed by atoms with van der Waals surface area (Å²) in [6, 6.07) is 69.1. The van der Waals surface area contributed by atoms with Crippen LogP contribution in [0.3, 0.4) is 0 Å². The Morgan fingerprint density at radius 3 is 2.00 bits per heavy atom. The summed E-state index contributed by atoms with van der Waals surface area (Å²) in [5, 5.41) is 11.6. The van der Waals surface area contributed by atoms with Gasteiger partial charge in [-0.15, -0.1) is 12.6 Å². The minimum absolute atomic E-state index is 0.164. The van der Waals surface area contributed by atoms with E-state index in [1.54, 1.807) is 0 Å².